The molecule has 1 amide bonds. The van der Waals surface area contributed by atoms with Crippen LogP contribution >= 0.6 is 34.8 Å². The highest BCUT2D eigenvalue weighted by atomic mass is 35.5. The summed E-state index contributed by atoms with van der Waals surface area (Å²) in [5.74, 6) is -0.139. The van der Waals surface area contributed by atoms with Gasteiger partial charge in [0.05, 0.1) is 11.4 Å². The molecular weight excluding hydrogens is 431 g/mol. The predicted molar refractivity (Wildman–Crippen MR) is 107 cm³/mol. The lowest BCUT2D eigenvalue weighted by Crippen LogP contribution is -2.50. The Morgan fingerprint density at radius 1 is 0.852 bits per heavy atom. The number of sulfonamides is 1. The summed E-state index contributed by atoms with van der Waals surface area (Å²) in [6.45, 7) is 1.00. The van der Waals surface area contributed by atoms with E-state index in [1.807, 2.05) is 0 Å². The molecular formula is C18H17Cl3N2O3S. The second-order valence-corrected chi connectivity index (χ2v) is 9.22. The first-order chi connectivity index (χ1) is 12.8. The monoisotopic (exact) mass is 446 g/mol. The summed E-state index contributed by atoms with van der Waals surface area (Å²) in [5.41, 5.74) is 0.581. The highest BCUT2D eigenvalue weighted by molar-refractivity contribution is 7.89. The van der Waals surface area contributed by atoms with Gasteiger partial charge in [-0.2, -0.15) is 4.31 Å². The normalized spacial score (nSPS) is 15.7. The van der Waals surface area contributed by atoms with E-state index in [0.717, 1.165) is 0 Å². The van der Waals surface area contributed by atoms with E-state index < -0.39 is 10.0 Å². The molecule has 2 aromatic carbocycles. The Morgan fingerprint density at radius 3 is 2.00 bits per heavy atom. The lowest BCUT2D eigenvalue weighted by molar-refractivity contribution is -0.131. The number of carbonyl (C=O) groups is 1. The lowest BCUT2D eigenvalue weighted by atomic mass is 10.1. The maximum Gasteiger partial charge on any atom is 0.244 e. The van der Waals surface area contributed by atoms with Gasteiger partial charge < -0.3 is 4.90 Å². The van der Waals surface area contributed by atoms with E-state index in [2.05, 4.69) is 0 Å². The van der Waals surface area contributed by atoms with Gasteiger partial charge in [0.15, 0.2) is 0 Å². The van der Waals surface area contributed by atoms with Gasteiger partial charge in [-0.05, 0) is 29.8 Å². The van der Waals surface area contributed by atoms with Crippen LogP contribution in [0.25, 0.3) is 0 Å². The van der Waals surface area contributed by atoms with Crippen molar-refractivity contribution in [3.8, 4) is 0 Å². The molecule has 1 aliphatic rings. The minimum Gasteiger partial charge on any atom is -0.340 e. The molecule has 0 atom stereocenters. The minimum absolute atomic E-state index is 0.0780. The largest absolute Gasteiger partial charge is 0.340 e. The second kappa shape index (κ2) is 8.37. The Labute approximate surface area is 173 Å². The van der Waals surface area contributed by atoms with Crippen LogP contribution in [0.4, 0.5) is 0 Å². The third-order valence-electron chi connectivity index (χ3n) is 4.44. The molecule has 0 radical (unpaired) electrons. The molecule has 3 rings (SSSR count). The highest BCUT2D eigenvalue weighted by Gasteiger charge is 2.31. The van der Waals surface area contributed by atoms with E-state index in [-0.39, 0.29) is 35.3 Å². The molecule has 27 heavy (non-hydrogen) atoms. The quantitative estimate of drug-likeness (QED) is 0.718. The number of rotatable bonds is 4. The van der Waals surface area contributed by atoms with Crippen LogP contribution in [0.1, 0.15) is 5.56 Å². The summed E-state index contributed by atoms with van der Waals surface area (Å²) in [6, 6.07) is 11.4. The zero-order valence-electron chi connectivity index (χ0n) is 14.2. The Bertz CT molecular complexity index is 938. The van der Waals surface area contributed by atoms with Crippen molar-refractivity contribution in [2.75, 3.05) is 26.2 Å². The van der Waals surface area contributed by atoms with Crippen LogP contribution in [-0.4, -0.2) is 49.7 Å². The van der Waals surface area contributed by atoms with Crippen molar-refractivity contribution in [3.05, 3.63) is 63.1 Å². The third-order valence-corrected chi connectivity index (χ3v) is 7.54. The van der Waals surface area contributed by atoms with Crippen molar-refractivity contribution in [3.63, 3.8) is 0 Å². The number of benzene rings is 2. The zero-order valence-corrected chi connectivity index (χ0v) is 17.3. The molecule has 1 fully saturated rings. The van der Waals surface area contributed by atoms with Crippen molar-refractivity contribution in [1.82, 2.24) is 9.21 Å². The molecule has 1 saturated heterocycles. The van der Waals surface area contributed by atoms with Crippen LogP contribution in [0.3, 0.4) is 0 Å². The number of hydrogen-bond donors (Lipinski definition) is 0. The first-order valence-electron chi connectivity index (χ1n) is 8.26. The van der Waals surface area contributed by atoms with Gasteiger partial charge in [0.25, 0.3) is 0 Å². The summed E-state index contributed by atoms with van der Waals surface area (Å²) in [4.78, 5) is 14.3. The fraction of sp³-hybridized carbons (Fsp3) is 0.278. The van der Waals surface area contributed by atoms with Crippen LogP contribution in [0.5, 0.6) is 0 Å². The molecule has 5 nitrogen and oxygen atoms in total. The van der Waals surface area contributed by atoms with E-state index in [1.165, 1.54) is 10.4 Å². The van der Waals surface area contributed by atoms with Gasteiger partial charge in [-0.15, -0.1) is 0 Å². The van der Waals surface area contributed by atoms with Gasteiger partial charge in [0.1, 0.15) is 4.90 Å². The minimum atomic E-state index is -3.69. The molecule has 1 aliphatic heterocycles. The number of carbonyl (C=O) groups excluding carboxylic acids is 1. The molecule has 0 bridgehead atoms. The molecule has 0 aromatic heterocycles. The Balaban J connectivity index is 1.67. The predicted octanol–water partition coefficient (Wildman–Crippen LogP) is 3.72. The van der Waals surface area contributed by atoms with Gasteiger partial charge in [-0.1, -0.05) is 53.0 Å². The molecule has 0 aliphatic carbocycles. The van der Waals surface area contributed by atoms with Crippen LogP contribution in [-0.2, 0) is 21.2 Å². The van der Waals surface area contributed by atoms with E-state index in [4.69, 9.17) is 34.8 Å². The molecule has 0 N–H and O–H groups in total. The topological polar surface area (TPSA) is 57.7 Å². The summed E-state index contributed by atoms with van der Waals surface area (Å²) in [5, 5.41) is 1.07. The SMILES string of the molecule is O=C(Cc1c(Cl)cccc1Cl)N1CCN(S(=O)(=O)c2ccccc2Cl)CC1. The number of nitrogens with zero attached hydrogens (tertiary/aromatic N) is 2. The molecule has 1 heterocycles. The molecule has 9 heteroatoms. The summed E-state index contributed by atoms with van der Waals surface area (Å²) < 4.78 is 26.9. The van der Waals surface area contributed by atoms with Crippen molar-refractivity contribution >= 4 is 50.7 Å². The summed E-state index contributed by atoms with van der Waals surface area (Å²) in [6.07, 6.45) is 0.0791. The lowest BCUT2D eigenvalue weighted by Gasteiger charge is -2.34. The van der Waals surface area contributed by atoms with Gasteiger partial charge in [-0.3, -0.25) is 4.79 Å². The van der Waals surface area contributed by atoms with Gasteiger partial charge in [0, 0.05) is 36.2 Å². The average molecular weight is 448 g/mol. The number of hydrogen-bond acceptors (Lipinski definition) is 3. The molecule has 0 saturated carbocycles. The summed E-state index contributed by atoms with van der Waals surface area (Å²) in [7, 11) is -3.69. The standard InChI is InChI=1S/C18H17Cl3N2O3S/c19-14-5-3-6-15(20)13(14)12-18(24)22-8-10-23(11-9-22)27(25,26)17-7-2-1-4-16(17)21/h1-7H,8-12H2. The van der Waals surface area contributed by atoms with Crippen LogP contribution < -0.4 is 0 Å². The van der Waals surface area contributed by atoms with Crippen LogP contribution in [0.2, 0.25) is 15.1 Å². The second-order valence-electron chi connectivity index (χ2n) is 6.09. The Hall–Kier alpha value is -1.31. The van der Waals surface area contributed by atoms with Gasteiger partial charge >= 0.3 is 0 Å². The van der Waals surface area contributed by atoms with Crippen molar-refractivity contribution < 1.29 is 13.2 Å². The van der Waals surface area contributed by atoms with Crippen molar-refractivity contribution in [2.24, 2.45) is 0 Å². The van der Waals surface area contributed by atoms with Gasteiger partial charge in [0.2, 0.25) is 15.9 Å². The molecule has 0 spiro atoms. The van der Waals surface area contributed by atoms with E-state index in [1.54, 1.807) is 41.3 Å². The van der Waals surface area contributed by atoms with Gasteiger partial charge in [-0.25, -0.2) is 8.42 Å². The van der Waals surface area contributed by atoms with Crippen LogP contribution in [0, 0.1) is 0 Å². The fourth-order valence-corrected chi connectivity index (χ4v) is 5.38. The van der Waals surface area contributed by atoms with E-state index in [9.17, 15) is 13.2 Å². The Morgan fingerprint density at radius 2 is 1.41 bits per heavy atom. The molecule has 2 aromatic rings. The van der Waals surface area contributed by atoms with E-state index >= 15 is 0 Å². The third kappa shape index (κ3) is 4.41. The van der Waals surface area contributed by atoms with Crippen molar-refractivity contribution in [1.29, 1.82) is 0 Å². The Kier molecular flexibility index (Phi) is 6.33. The number of amides is 1. The smallest absolute Gasteiger partial charge is 0.244 e. The fourth-order valence-electron chi connectivity index (χ4n) is 2.94. The highest BCUT2D eigenvalue weighted by Crippen LogP contribution is 2.27. The first-order valence-corrected chi connectivity index (χ1v) is 10.8. The summed E-state index contributed by atoms with van der Waals surface area (Å²) >= 11 is 18.3. The van der Waals surface area contributed by atoms with E-state index in [0.29, 0.717) is 28.7 Å². The maximum atomic E-state index is 12.8. The van der Waals surface area contributed by atoms with Crippen molar-refractivity contribution in [2.45, 2.75) is 11.3 Å². The van der Waals surface area contributed by atoms with Crippen LogP contribution in [0.15, 0.2) is 47.4 Å². The number of halogens is 3. The first kappa shape index (κ1) is 20.4. The molecule has 0 unspecified atom stereocenters. The zero-order chi connectivity index (χ0) is 19.6. The maximum absolute atomic E-state index is 12.8. The number of piperazine rings is 1. The average Bonchev–Trinajstić information content (AvgIpc) is 2.65. The molecule has 144 valence electrons.